The molecule has 0 aliphatic carbocycles. The molecule has 0 saturated carbocycles. The SMILES string of the molecule is CCOc1ccccc1NC(=O)CSc1cc(N2CCN(c3ccccc3F)CC2)ncn1. The number of hydrogen-bond donors (Lipinski definition) is 1. The van der Waals surface area contributed by atoms with Crippen LogP contribution in [0.25, 0.3) is 0 Å². The van der Waals surface area contributed by atoms with Crippen LogP contribution in [0.1, 0.15) is 6.92 Å². The number of halogens is 1. The molecule has 1 aromatic heterocycles. The zero-order valence-electron chi connectivity index (χ0n) is 18.4. The molecule has 0 radical (unpaired) electrons. The smallest absolute Gasteiger partial charge is 0.234 e. The Morgan fingerprint density at radius 2 is 1.79 bits per heavy atom. The fourth-order valence-electron chi connectivity index (χ4n) is 3.64. The maximum absolute atomic E-state index is 14.1. The van der Waals surface area contributed by atoms with Crippen LogP contribution in [0.4, 0.5) is 21.6 Å². The van der Waals surface area contributed by atoms with Crippen molar-refractivity contribution >= 4 is 34.9 Å². The van der Waals surface area contributed by atoms with E-state index in [1.807, 2.05) is 54.3 Å². The van der Waals surface area contributed by atoms with Crippen molar-refractivity contribution in [2.75, 3.05) is 53.7 Å². The minimum Gasteiger partial charge on any atom is -0.492 e. The van der Waals surface area contributed by atoms with E-state index in [-0.39, 0.29) is 17.5 Å². The minimum absolute atomic E-state index is 0.134. The molecule has 0 spiro atoms. The molecule has 3 aromatic rings. The third-order valence-corrected chi connectivity index (χ3v) is 6.16. The third kappa shape index (κ3) is 5.92. The summed E-state index contributed by atoms with van der Waals surface area (Å²) in [5.74, 6) is 1.34. The number of ether oxygens (including phenoxy) is 1. The monoisotopic (exact) mass is 467 g/mol. The van der Waals surface area contributed by atoms with Crippen molar-refractivity contribution < 1.29 is 13.9 Å². The van der Waals surface area contributed by atoms with Crippen molar-refractivity contribution in [1.29, 1.82) is 0 Å². The van der Waals surface area contributed by atoms with Gasteiger partial charge >= 0.3 is 0 Å². The van der Waals surface area contributed by atoms with Gasteiger partial charge in [0.15, 0.2) is 0 Å². The Balaban J connectivity index is 1.31. The molecule has 0 unspecified atom stereocenters. The average molecular weight is 468 g/mol. The highest BCUT2D eigenvalue weighted by Gasteiger charge is 2.20. The number of rotatable bonds is 8. The highest BCUT2D eigenvalue weighted by atomic mass is 32.2. The van der Waals surface area contributed by atoms with Gasteiger partial charge in [0, 0.05) is 32.2 Å². The Kier molecular flexibility index (Phi) is 7.62. The lowest BCUT2D eigenvalue weighted by Crippen LogP contribution is -2.47. The topological polar surface area (TPSA) is 70.6 Å². The van der Waals surface area contributed by atoms with Crippen LogP contribution in [0.15, 0.2) is 66.0 Å². The molecule has 1 N–H and O–H groups in total. The Hall–Kier alpha value is -3.33. The number of amides is 1. The third-order valence-electron chi connectivity index (χ3n) is 5.24. The fourth-order valence-corrected chi connectivity index (χ4v) is 4.31. The van der Waals surface area contributed by atoms with Crippen LogP contribution in [0.5, 0.6) is 5.75 Å². The number of hydrogen-bond acceptors (Lipinski definition) is 7. The van der Waals surface area contributed by atoms with Crippen LogP contribution in [0.2, 0.25) is 0 Å². The summed E-state index contributed by atoms with van der Waals surface area (Å²) in [7, 11) is 0. The second-order valence-corrected chi connectivity index (χ2v) is 8.40. The summed E-state index contributed by atoms with van der Waals surface area (Å²) in [6.07, 6.45) is 1.52. The summed E-state index contributed by atoms with van der Waals surface area (Å²) in [5, 5.41) is 3.62. The van der Waals surface area contributed by atoms with Crippen LogP contribution in [-0.2, 0) is 4.79 Å². The first-order valence-electron chi connectivity index (χ1n) is 10.8. The number of para-hydroxylation sites is 3. The van der Waals surface area contributed by atoms with Crippen LogP contribution < -0.4 is 19.9 Å². The zero-order chi connectivity index (χ0) is 23.0. The molecule has 1 saturated heterocycles. The van der Waals surface area contributed by atoms with E-state index < -0.39 is 0 Å². The number of nitrogens with one attached hydrogen (secondary N) is 1. The summed E-state index contributed by atoms with van der Waals surface area (Å²) in [6, 6.07) is 16.1. The highest BCUT2D eigenvalue weighted by Crippen LogP contribution is 2.26. The van der Waals surface area contributed by atoms with Crippen molar-refractivity contribution in [1.82, 2.24) is 9.97 Å². The first-order chi connectivity index (χ1) is 16.1. The molecule has 33 heavy (non-hydrogen) atoms. The number of benzene rings is 2. The van der Waals surface area contributed by atoms with Gasteiger partial charge in [0.05, 0.1) is 23.7 Å². The molecule has 1 amide bonds. The van der Waals surface area contributed by atoms with Gasteiger partial charge in [0.1, 0.15) is 28.7 Å². The molecule has 9 heteroatoms. The minimum atomic E-state index is -0.200. The van der Waals surface area contributed by atoms with Crippen LogP contribution >= 0.6 is 11.8 Å². The van der Waals surface area contributed by atoms with Gasteiger partial charge in [-0.15, -0.1) is 0 Å². The summed E-state index contributed by atoms with van der Waals surface area (Å²) >= 11 is 1.35. The number of aromatic nitrogens is 2. The molecular weight excluding hydrogens is 441 g/mol. The van der Waals surface area contributed by atoms with Gasteiger partial charge in [-0.1, -0.05) is 36.0 Å². The average Bonchev–Trinajstić information content (AvgIpc) is 2.85. The summed E-state index contributed by atoms with van der Waals surface area (Å²) in [4.78, 5) is 25.3. The lowest BCUT2D eigenvalue weighted by Gasteiger charge is -2.36. The summed E-state index contributed by atoms with van der Waals surface area (Å²) < 4.78 is 19.6. The summed E-state index contributed by atoms with van der Waals surface area (Å²) in [5.41, 5.74) is 1.29. The molecule has 1 aliphatic rings. The van der Waals surface area contributed by atoms with Gasteiger partial charge in [-0.25, -0.2) is 14.4 Å². The second-order valence-electron chi connectivity index (χ2n) is 7.41. The summed E-state index contributed by atoms with van der Waals surface area (Å²) in [6.45, 7) is 5.29. The van der Waals surface area contributed by atoms with E-state index in [1.165, 1.54) is 24.2 Å². The first kappa shape index (κ1) is 22.8. The molecule has 7 nitrogen and oxygen atoms in total. The van der Waals surface area contributed by atoms with Crippen LogP contribution in [-0.4, -0.2) is 54.4 Å². The fraction of sp³-hybridized carbons (Fsp3) is 0.292. The quantitative estimate of drug-likeness (QED) is 0.396. The molecule has 0 bridgehead atoms. The molecule has 4 rings (SSSR count). The van der Waals surface area contributed by atoms with Gasteiger partial charge in [-0.05, 0) is 31.2 Å². The molecular formula is C24H26FN5O2S. The number of carbonyl (C=O) groups excluding carboxylic acids is 1. The van der Waals surface area contributed by atoms with E-state index in [9.17, 15) is 9.18 Å². The number of thioether (sulfide) groups is 1. The lowest BCUT2D eigenvalue weighted by atomic mass is 10.2. The first-order valence-corrected chi connectivity index (χ1v) is 11.8. The van der Waals surface area contributed by atoms with Crippen molar-refractivity contribution in [2.45, 2.75) is 11.9 Å². The standard InChI is InChI=1S/C24H26FN5O2S/c1-2-32-21-10-6-4-8-19(21)28-23(31)16-33-24-15-22(26-17-27-24)30-13-11-29(12-14-30)20-9-5-3-7-18(20)25/h3-10,15,17H,2,11-14,16H2,1H3,(H,28,31). The molecule has 1 fully saturated rings. The molecule has 0 atom stereocenters. The van der Waals surface area contributed by atoms with E-state index in [0.29, 0.717) is 36.8 Å². The predicted octanol–water partition coefficient (Wildman–Crippen LogP) is 4.07. The Bertz CT molecular complexity index is 1090. The molecule has 172 valence electrons. The zero-order valence-corrected chi connectivity index (χ0v) is 19.2. The van der Waals surface area contributed by atoms with Gasteiger partial charge in [-0.3, -0.25) is 4.79 Å². The maximum Gasteiger partial charge on any atom is 0.234 e. The Labute approximate surface area is 197 Å². The number of piperazine rings is 1. The van der Waals surface area contributed by atoms with Crippen molar-refractivity contribution in [3.05, 3.63) is 66.7 Å². The second kappa shape index (κ2) is 11.0. The van der Waals surface area contributed by atoms with Gasteiger partial charge in [0.25, 0.3) is 0 Å². The van der Waals surface area contributed by atoms with Gasteiger partial charge in [-0.2, -0.15) is 0 Å². The number of nitrogens with zero attached hydrogens (tertiary/aromatic N) is 4. The van der Waals surface area contributed by atoms with Gasteiger partial charge in [0.2, 0.25) is 5.91 Å². The van der Waals surface area contributed by atoms with E-state index in [2.05, 4.69) is 20.2 Å². The van der Waals surface area contributed by atoms with Crippen LogP contribution in [0, 0.1) is 5.82 Å². The van der Waals surface area contributed by atoms with Crippen LogP contribution in [0.3, 0.4) is 0 Å². The number of carbonyl (C=O) groups is 1. The van der Waals surface area contributed by atoms with Crippen molar-refractivity contribution in [3.8, 4) is 5.75 Å². The largest absolute Gasteiger partial charge is 0.492 e. The van der Waals surface area contributed by atoms with Gasteiger partial charge < -0.3 is 19.9 Å². The normalized spacial score (nSPS) is 13.6. The van der Waals surface area contributed by atoms with Crippen molar-refractivity contribution in [3.63, 3.8) is 0 Å². The molecule has 1 aliphatic heterocycles. The Morgan fingerprint density at radius 3 is 2.58 bits per heavy atom. The lowest BCUT2D eigenvalue weighted by molar-refractivity contribution is -0.113. The van der Waals surface area contributed by atoms with E-state index in [4.69, 9.17) is 4.74 Å². The van der Waals surface area contributed by atoms with Crippen molar-refractivity contribution in [2.24, 2.45) is 0 Å². The molecule has 2 heterocycles. The molecule has 2 aromatic carbocycles. The highest BCUT2D eigenvalue weighted by molar-refractivity contribution is 7.99. The maximum atomic E-state index is 14.1. The Morgan fingerprint density at radius 1 is 1.06 bits per heavy atom. The van der Waals surface area contributed by atoms with E-state index in [0.717, 1.165) is 23.9 Å². The number of anilines is 3. The van der Waals surface area contributed by atoms with E-state index in [1.54, 1.807) is 6.07 Å². The predicted molar refractivity (Wildman–Crippen MR) is 130 cm³/mol. The van der Waals surface area contributed by atoms with E-state index >= 15 is 0 Å².